The number of sulfonamides is 1. The van der Waals surface area contributed by atoms with Crippen LogP contribution in [-0.4, -0.2) is 72.2 Å². The maximum atomic E-state index is 15.0. The fraction of sp³-hybridized carbons (Fsp3) is 0.350. The molecule has 1 N–H and O–H groups in total. The highest BCUT2D eigenvalue weighted by molar-refractivity contribution is 7.92. The number of methoxy groups -OCH3 is 4. The average molecular weight is 730 g/mol. The number of carbonyl (C=O) groups excluding carboxylic acids is 2. The van der Waals surface area contributed by atoms with Crippen molar-refractivity contribution >= 4 is 27.5 Å². The first kappa shape index (κ1) is 38.0. The molecule has 5 rings (SSSR count). The van der Waals surface area contributed by atoms with Gasteiger partial charge in [0.2, 0.25) is 11.8 Å². The van der Waals surface area contributed by atoms with Gasteiger partial charge in [-0.1, -0.05) is 67.4 Å². The lowest BCUT2D eigenvalue weighted by Crippen LogP contribution is -2.54. The van der Waals surface area contributed by atoms with Gasteiger partial charge < -0.3 is 29.2 Å². The van der Waals surface area contributed by atoms with Crippen LogP contribution in [0.25, 0.3) is 0 Å². The van der Waals surface area contributed by atoms with Gasteiger partial charge in [0, 0.05) is 31.1 Å². The van der Waals surface area contributed by atoms with Crippen LogP contribution >= 0.6 is 0 Å². The Bertz CT molecular complexity index is 1950. The molecule has 1 fully saturated rings. The third kappa shape index (κ3) is 8.79. The zero-order valence-corrected chi connectivity index (χ0v) is 31.1. The van der Waals surface area contributed by atoms with E-state index in [0.29, 0.717) is 11.5 Å². The van der Waals surface area contributed by atoms with Gasteiger partial charge in [0.1, 0.15) is 24.1 Å². The van der Waals surface area contributed by atoms with Crippen molar-refractivity contribution in [3.63, 3.8) is 0 Å². The van der Waals surface area contributed by atoms with Crippen LogP contribution in [0.1, 0.15) is 42.4 Å². The molecule has 1 aliphatic carbocycles. The molecule has 0 aromatic heterocycles. The second kappa shape index (κ2) is 17.3. The molecule has 0 radical (unpaired) electrons. The molecular formula is C40H47N3O8S. The number of anilines is 1. The molecule has 52 heavy (non-hydrogen) atoms. The topological polar surface area (TPSA) is 124 Å². The molecular weight excluding hydrogens is 683 g/mol. The van der Waals surface area contributed by atoms with Crippen molar-refractivity contribution in [2.45, 2.75) is 62.6 Å². The smallest absolute Gasteiger partial charge is 0.265 e. The molecule has 1 aliphatic rings. The second-order valence-corrected chi connectivity index (χ2v) is 14.6. The zero-order chi connectivity index (χ0) is 37.3. The lowest BCUT2D eigenvalue weighted by molar-refractivity contribution is -0.140. The van der Waals surface area contributed by atoms with E-state index in [-0.39, 0.29) is 47.0 Å². The Hall–Kier alpha value is -5.23. The van der Waals surface area contributed by atoms with Crippen molar-refractivity contribution in [3.05, 3.63) is 108 Å². The molecule has 11 nitrogen and oxygen atoms in total. The molecule has 0 aliphatic heterocycles. The van der Waals surface area contributed by atoms with Crippen molar-refractivity contribution in [1.29, 1.82) is 0 Å². The number of benzene rings is 4. The summed E-state index contributed by atoms with van der Waals surface area (Å²) in [6, 6.07) is 25.1. The summed E-state index contributed by atoms with van der Waals surface area (Å²) in [4.78, 5) is 30.7. The lowest BCUT2D eigenvalue weighted by Gasteiger charge is -2.35. The molecule has 0 saturated heterocycles. The van der Waals surface area contributed by atoms with Gasteiger partial charge in [-0.05, 0) is 60.7 Å². The SMILES string of the molecule is COc1ccc(OC)c(N(CC(=O)N(Cc2ccccc2C)[C@H](Cc2ccccc2)C(=O)NC2CCCC2)S(=O)(=O)c2ccc(OC)c(OC)c2)c1. The first-order valence-electron chi connectivity index (χ1n) is 17.2. The van der Waals surface area contributed by atoms with Crippen LogP contribution in [0.3, 0.4) is 0 Å². The maximum Gasteiger partial charge on any atom is 0.265 e. The van der Waals surface area contributed by atoms with E-state index in [2.05, 4.69) is 5.32 Å². The number of hydrogen-bond donors (Lipinski definition) is 1. The van der Waals surface area contributed by atoms with Gasteiger partial charge in [-0.25, -0.2) is 8.42 Å². The minimum Gasteiger partial charge on any atom is -0.497 e. The molecule has 2 amide bonds. The Balaban J connectivity index is 1.65. The molecule has 1 atom stereocenters. The quantitative estimate of drug-likeness (QED) is 0.151. The molecule has 0 heterocycles. The summed E-state index contributed by atoms with van der Waals surface area (Å²) in [7, 11) is 1.26. The van der Waals surface area contributed by atoms with E-state index < -0.39 is 28.5 Å². The van der Waals surface area contributed by atoms with E-state index in [9.17, 15) is 18.0 Å². The van der Waals surface area contributed by atoms with Gasteiger partial charge in [-0.3, -0.25) is 13.9 Å². The molecule has 1 saturated carbocycles. The first-order chi connectivity index (χ1) is 25.1. The third-order valence-corrected chi connectivity index (χ3v) is 11.2. The monoisotopic (exact) mass is 729 g/mol. The summed E-state index contributed by atoms with van der Waals surface area (Å²) in [5.74, 6) is 0.212. The van der Waals surface area contributed by atoms with Gasteiger partial charge in [-0.15, -0.1) is 0 Å². The number of ether oxygens (including phenoxy) is 4. The van der Waals surface area contributed by atoms with E-state index in [0.717, 1.165) is 46.7 Å². The first-order valence-corrected chi connectivity index (χ1v) is 18.7. The third-order valence-electron chi connectivity index (χ3n) is 9.45. The highest BCUT2D eigenvalue weighted by atomic mass is 32.2. The van der Waals surface area contributed by atoms with Crippen LogP contribution in [0.4, 0.5) is 5.69 Å². The molecule has 276 valence electrons. The van der Waals surface area contributed by atoms with Crippen LogP contribution in [0.5, 0.6) is 23.0 Å². The summed E-state index contributed by atoms with van der Waals surface area (Å²) in [6.45, 7) is 1.35. The summed E-state index contributed by atoms with van der Waals surface area (Å²) in [5.41, 5.74) is 2.70. The molecule has 4 aromatic rings. The average Bonchev–Trinajstić information content (AvgIpc) is 3.68. The van der Waals surface area contributed by atoms with Crippen molar-refractivity contribution in [3.8, 4) is 23.0 Å². The maximum absolute atomic E-state index is 15.0. The van der Waals surface area contributed by atoms with Gasteiger partial charge in [0.15, 0.2) is 11.5 Å². The Kier molecular flexibility index (Phi) is 12.7. The minimum atomic E-state index is -4.49. The van der Waals surface area contributed by atoms with Crippen LogP contribution in [-0.2, 0) is 32.6 Å². The predicted molar refractivity (Wildman–Crippen MR) is 200 cm³/mol. The lowest BCUT2D eigenvalue weighted by atomic mass is 10.0. The highest BCUT2D eigenvalue weighted by Crippen LogP contribution is 2.38. The summed E-state index contributed by atoms with van der Waals surface area (Å²) >= 11 is 0. The number of rotatable bonds is 16. The fourth-order valence-electron chi connectivity index (χ4n) is 6.50. The van der Waals surface area contributed by atoms with Crippen molar-refractivity contribution in [2.75, 3.05) is 39.3 Å². The number of aryl methyl sites for hydroxylation is 1. The van der Waals surface area contributed by atoms with Gasteiger partial charge >= 0.3 is 0 Å². The number of carbonyl (C=O) groups is 2. The van der Waals surface area contributed by atoms with Crippen molar-refractivity contribution in [1.82, 2.24) is 10.2 Å². The normalized spacial score (nSPS) is 13.6. The largest absolute Gasteiger partial charge is 0.497 e. The molecule has 0 unspecified atom stereocenters. The van der Waals surface area contributed by atoms with E-state index in [1.165, 1.54) is 57.6 Å². The van der Waals surface area contributed by atoms with Gasteiger partial charge in [-0.2, -0.15) is 0 Å². The van der Waals surface area contributed by atoms with Crippen LogP contribution < -0.4 is 28.6 Å². The number of nitrogens with zero attached hydrogens (tertiary/aromatic N) is 2. The molecule has 0 bridgehead atoms. The minimum absolute atomic E-state index is 0.00385. The molecule has 12 heteroatoms. The summed E-state index contributed by atoms with van der Waals surface area (Å²) < 4.78 is 52.4. The zero-order valence-electron chi connectivity index (χ0n) is 30.3. The van der Waals surface area contributed by atoms with E-state index in [4.69, 9.17) is 18.9 Å². The van der Waals surface area contributed by atoms with E-state index in [1.54, 1.807) is 12.1 Å². The van der Waals surface area contributed by atoms with Crippen LogP contribution in [0, 0.1) is 6.92 Å². The molecule has 4 aromatic carbocycles. The molecule has 0 spiro atoms. The van der Waals surface area contributed by atoms with Gasteiger partial charge in [0.25, 0.3) is 10.0 Å². The number of hydrogen-bond acceptors (Lipinski definition) is 8. The fourth-order valence-corrected chi connectivity index (χ4v) is 7.93. The summed E-state index contributed by atoms with van der Waals surface area (Å²) in [6.07, 6.45) is 3.99. The van der Waals surface area contributed by atoms with Crippen molar-refractivity contribution in [2.24, 2.45) is 0 Å². The van der Waals surface area contributed by atoms with Crippen molar-refractivity contribution < 1.29 is 37.0 Å². The Morgan fingerprint density at radius 1 is 0.788 bits per heavy atom. The standard InChI is InChI=1S/C40H47N3O8S/c1-28-13-9-10-16-30(28)26-42(35(23-29-14-7-6-8-15-29)40(45)41-31-17-11-12-18-31)39(44)27-43(34-24-32(48-2)19-21-36(34)49-3)52(46,47)33-20-22-37(50-4)38(25-33)51-5/h6-10,13-16,19-22,24-25,31,35H,11-12,17-18,23,26-27H2,1-5H3,(H,41,45)/t35-/m1/s1. The Morgan fingerprint density at radius 2 is 1.44 bits per heavy atom. The van der Waals surface area contributed by atoms with Gasteiger partial charge in [0.05, 0.1) is 39.0 Å². The Labute approximate surface area is 306 Å². The predicted octanol–water partition coefficient (Wildman–Crippen LogP) is 5.92. The van der Waals surface area contributed by atoms with E-state index >= 15 is 0 Å². The summed E-state index contributed by atoms with van der Waals surface area (Å²) in [5, 5.41) is 3.21. The second-order valence-electron chi connectivity index (χ2n) is 12.7. The number of amides is 2. The van der Waals surface area contributed by atoms with E-state index in [1.807, 2.05) is 61.5 Å². The number of nitrogens with one attached hydrogen (secondary N) is 1. The Morgan fingerprint density at radius 3 is 2.10 bits per heavy atom. The van der Waals surface area contributed by atoms with Crippen LogP contribution in [0.15, 0.2) is 95.9 Å². The highest BCUT2D eigenvalue weighted by Gasteiger charge is 2.37. The van der Waals surface area contributed by atoms with Crippen LogP contribution in [0.2, 0.25) is 0 Å².